The average Bonchev–Trinajstić information content (AvgIpc) is 2.65. The summed E-state index contributed by atoms with van der Waals surface area (Å²) < 4.78 is 0. The highest BCUT2D eigenvalue weighted by Crippen LogP contribution is 2.21. The van der Waals surface area contributed by atoms with Crippen molar-refractivity contribution >= 4 is 22.4 Å². The van der Waals surface area contributed by atoms with Crippen molar-refractivity contribution in [3.8, 4) is 0 Å². The van der Waals surface area contributed by atoms with Crippen molar-refractivity contribution < 1.29 is 4.79 Å². The third-order valence-electron chi connectivity index (χ3n) is 2.64. The summed E-state index contributed by atoms with van der Waals surface area (Å²) in [5, 5.41) is 5.43. The van der Waals surface area contributed by atoms with Gasteiger partial charge in [0, 0.05) is 17.8 Å². The Kier molecular flexibility index (Phi) is 5.08. The van der Waals surface area contributed by atoms with Gasteiger partial charge in [-0.15, -0.1) is 11.3 Å². The van der Waals surface area contributed by atoms with Gasteiger partial charge in [-0.3, -0.25) is 4.79 Å². The number of carbonyl (C=O) groups is 1. The Morgan fingerprint density at radius 3 is 2.59 bits per heavy atom. The van der Waals surface area contributed by atoms with E-state index in [0.717, 1.165) is 5.69 Å². The lowest BCUT2D eigenvalue weighted by Gasteiger charge is -2.14. The minimum atomic E-state index is -0.0977. The molecule has 0 aliphatic rings. The Labute approximate surface area is 107 Å². The zero-order valence-electron chi connectivity index (χ0n) is 10.9. The predicted octanol–water partition coefficient (Wildman–Crippen LogP) is 2.58. The molecule has 1 rings (SSSR count). The molecule has 0 radical (unpaired) electrons. The van der Waals surface area contributed by atoms with Crippen LogP contribution in [-0.2, 0) is 4.79 Å². The van der Waals surface area contributed by atoms with Crippen LogP contribution in [0.3, 0.4) is 0 Å². The fraction of sp³-hybridized carbons (Fsp3) is 0.667. The largest absolute Gasteiger partial charge is 0.327 e. The molecule has 0 saturated carbocycles. The molecule has 1 unspecified atom stereocenters. The molecule has 0 aromatic carbocycles. The van der Waals surface area contributed by atoms with Crippen molar-refractivity contribution in [1.82, 2.24) is 4.98 Å². The maximum Gasteiger partial charge on any atom is 0.227 e. The fourth-order valence-corrected chi connectivity index (χ4v) is 2.12. The van der Waals surface area contributed by atoms with E-state index >= 15 is 0 Å². The summed E-state index contributed by atoms with van der Waals surface area (Å²) in [5.41, 5.74) is 6.86. The van der Waals surface area contributed by atoms with Crippen LogP contribution >= 0.6 is 11.3 Å². The summed E-state index contributed by atoms with van der Waals surface area (Å²) in [6.07, 6.45) is 0.342. The Hall–Kier alpha value is -0.940. The third kappa shape index (κ3) is 4.44. The molecular formula is C12H21N3OS. The first-order valence-electron chi connectivity index (χ1n) is 5.91. The number of amides is 1. The smallest absolute Gasteiger partial charge is 0.227 e. The summed E-state index contributed by atoms with van der Waals surface area (Å²) in [7, 11) is 0. The zero-order chi connectivity index (χ0) is 13.0. The molecule has 0 saturated heterocycles. The fourth-order valence-electron chi connectivity index (χ4n) is 1.23. The molecule has 96 valence electrons. The number of nitrogens with two attached hydrogens (primary N) is 1. The van der Waals surface area contributed by atoms with E-state index in [2.05, 4.69) is 24.1 Å². The van der Waals surface area contributed by atoms with Crippen molar-refractivity contribution in [1.29, 1.82) is 0 Å². The maximum atomic E-state index is 11.7. The highest BCUT2D eigenvalue weighted by Gasteiger charge is 2.14. The second-order valence-electron chi connectivity index (χ2n) is 4.89. The normalized spacial score (nSPS) is 13.1. The number of hydrogen-bond donors (Lipinski definition) is 2. The number of hydrogen-bond acceptors (Lipinski definition) is 4. The van der Waals surface area contributed by atoms with E-state index < -0.39 is 0 Å². The maximum absolute atomic E-state index is 11.7. The lowest BCUT2D eigenvalue weighted by molar-refractivity contribution is -0.116. The number of anilines is 1. The third-order valence-corrected chi connectivity index (χ3v) is 3.41. The minimum Gasteiger partial charge on any atom is -0.327 e. The van der Waals surface area contributed by atoms with Gasteiger partial charge in [0.15, 0.2) is 5.13 Å². The Morgan fingerprint density at radius 2 is 2.12 bits per heavy atom. The Balaban J connectivity index is 2.50. The molecule has 1 atom stereocenters. The molecule has 4 nitrogen and oxygen atoms in total. The number of nitrogens with zero attached hydrogens (tertiary/aromatic N) is 1. The van der Waals surface area contributed by atoms with Crippen LogP contribution in [0.5, 0.6) is 0 Å². The van der Waals surface area contributed by atoms with E-state index in [1.165, 1.54) is 11.3 Å². The molecule has 0 spiro atoms. The second kappa shape index (κ2) is 6.12. The standard InChI is InChI=1S/C12H21N3OS/c1-7(2)9(13)5-11(16)15-12-14-10(6-17-12)8(3)4/h6-9H,5,13H2,1-4H3,(H,14,15,16). The van der Waals surface area contributed by atoms with Crippen LogP contribution in [-0.4, -0.2) is 16.9 Å². The predicted molar refractivity (Wildman–Crippen MR) is 72.3 cm³/mol. The van der Waals surface area contributed by atoms with E-state index in [0.29, 0.717) is 23.4 Å². The van der Waals surface area contributed by atoms with Gasteiger partial charge in [0.1, 0.15) is 0 Å². The van der Waals surface area contributed by atoms with Crippen molar-refractivity contribution in [2.75, 3.05) is 5.32 Å². The molecule has 1 aromatic rings. The molecule has 5 heteroatoms. The number of thiazole rings is 1. The Bertz CT molecular complexity index is 374. The molecule has 1 aromatic heterocycles. The molecule has 0 bridgehead atoms. The van der Waals surface area contributed by atoms with E-state index in [4.69, 9.17) is 5.73 Å². The highest BCUT2D eigenvalue weighted by atomic mass is 32.1. The SMILES string of the molecule is CC(C)c1csc(NC(=O)CC(N)C(C)C)n1. The van der Waals surface area contributed by atoms with Gasteiger partial charge in [0.05, 0.1) is 5.69 Å². The minimum absolute atomic E-state index is 0.0594. The summed E-state index contributed by atoms with van der Waals surface area (Å²) in [5.74, 6) is 0.633. The van der Waals surface area contributed by atoms with Crippen molar-refractivity contribution in [3.05, 3.63) is 11.1 Å². The highest BCUT2D eigenvalue weighted by molar-refractivity contribution is 7.13. The van der Waals surface area contributed by atoms with Crippen molar-refractivity contribution in [2.24, 2.45) is 11.7 Å². The van der Waals surface area contributed by atoms with Gasteiger partial charge < -0.3 is 11.1 Å². The van der Waals surface area contributed by atoms with Crippen molar-refractivity contribution in [3.63, 3.8) is 0 Å². The van der Waals surface area contributed by atoms with Crippen LogP contribution in [0.4, 0.5) is 5.13 Å². The Morgan fingerprint density at radius 1 is 1.47 bits per heavy atom. The zero-order valence-corrected chi connectivity index (χ0v) is 11.7. The molecule has 0 aliphatic heterocycles. The first kappa shape index (κ1) is 14.1. The van der Waals surface area contributed by atoms with Crippen molar-refractivity contribution in [2.45, 2.75) is 46.1 Å². The summed E-state index contributed by atoms with van der Waals surface area (Å²) >= 11 is 1.46. The number of aromatic nitrogens is 1. The van der Waals surface area contributed by atoms with Crippen LogP contribution in [0.2, 0.25) is 0 Å². The first-order chi connectivity index (χ1) is 7.90. The van der Waals surface area contributed by atoms with E-state index in [1.807, 2.05) is 19.2 Å². The summed E-state index contributed by atoms with van der Waals surface area (Å²) in [6, 6.07) is -0.0977. The molecule has 1 heterocycles. The lowest BCUT2D eigenvalue weighted by atomic mass is 10.0. The number of carbonyl (C=O) groups excluding carboxylic acids is 1. The van der Waals surface area contributed by atoms with Gasteiger partial charge in [-0.2, -0.15) is 0 Å². The van der Waals surface area contributed by atoms with Crippen LogP contribution in [0.1, 0.15) is 45.7 Å². The molecule has 0 fully saturated rings. The van der Waals surface area contributed by atoms with E-state index in [1.54, 1.807) is 0 Å². The number of nitrogens with one attached hydrogen (secondary N) is 1. The van der Waals surface area contributed by atoms with Gasteiger partial charge in [0.2, 0.25) is 5.91 Å². The van der Waals surface area contributed by atoms with Crippen LogP contribution < -0.4 is 11.1 Å². The van der Waals surface area contributed by atoms with Crippen LogP contribution in [0.15, 0.2) is 5.38 Å². The molecule has 17 heavy (non-hydrogen) atoms. The summed E-state index contributed by atoms with van der Waals surface area (Å²) in [4.78, 5) is 16.0. The molecule has 1 amide bonds. The van der Waals surface area contributed by atoms with Crippen LogP contribution in [0.25, 0.3) is 0 Å². The average molecular weight is 255 g/mol. The lowest BCUT2D eigenvalue weighted by Crippen LogP contribution is -2.31. The quantitative estimate of drug-likeness (QED) is 0.849. The number of rotatable bonds is 5. The van der Waals surface area contributed by atoms with E-state index in [-0.39, 0.29) is 11.9 Å². The van der Waals surface area contributed by atoms with E-state index in [9.17, 15) is 4.79 Å². The second-order valence-corrected chi connectivity index (χ2v) is 5.75. The molecule has 0 aliphatic carbocycles. The monoisotopic (exact) mass is 255 g/mol. The van der Waals surface area contributed by atoms with Gasteiger partial charge in [-0.1, -0.05) is 27.7 Å². The topological polar surface area (TPSA) is 68.0 Å². The van der Waals surface area contributed by atoms with Gasteiger partial charge >= 0.3 is 0 Å². The molecule has 3 N–H and O–H groups in total. The van der Waals surface area contributed by atoms with Crippen LogP contribution in [0, 0.1) is 5.92 Å². The molecular weight excluding hydrogens is 234 g/mol. The van der Waals surface area contributed by atoms with Gasteiger partial charge in [0.25, 0.3) is 0 Å². The first-order valence-corrected chi connectivity index (χ1v) is 6.79. The summed E-state index contributed by atoms with van der Waals surface area (Å²) in [6.45, 7) is 8.18. The van der Waals surface area contributed by atoms with Gasteiger partial charge in [-0.05, 0) is 11.8 Å². The van der Waals surface area contributed by atoms with Gasteiger partial charge in [-0.25, -0.2) is 4.98 Å².